The van der Waals surface area contributed by atoms with Crippen molar-refractivity contribution in [3.8, 4) is 0 Å². The summed E-state index contributed by atoms with van der Waals surface area (Å²) in [5.41, 5.74) is 2.02. The average Bonchev–Trinajstić information content (AvgIpc) is 2.53. The van der Waals surface area contributed by atoms with E-state index < -0.39 is 0 Å². The lowest BCUT2D eigenvalue weighted by Crippen LogP contribution is -2.27. The topological polar surface area (TPSA) is 48.4 Å². The van der Waals surface area contributed by atoms with Gasteiger partial charge in [0.25, 0.3) is 0 Å². The minimum absolute atomic E-state index is 0.234. The molecule has 0 saturated carbocycles. The number of fused-ring (bicyclic) bond motifs is 1. The van der Waals surface area contributed by atoms with Gasteiger partial charge in [-0.3, -0.25) is 4.98 Å². The van der Waals surface area contributed by atoms with E-state index in [0.29, 0.717) is 5.02 Å². The monoisotopic (exact) mass is 321 g/mol. The Hall–Kier alpha value is -1.36. The van der Waals surface area contributed by atoms with Crippen LogP contribution >= 0.6 is 11.6 Å². The third-order valence-electron chi connectivity index (χ3n) is 3.78. The summed E-state index contributed by atoms with van der Waals surface area (Å²) in [5, 5.41) is 14.3. The van der Waals surface area contributed by atoms with Crippen LogP contribution in [0.1, 0.15) is 19.8 Å². The lowest BCUT2D eigenvalue weighted by atomic mass is 10.2. The Kier molecular flexibility index (Phi) is 6.90. The van der Waals surface area contributed by atoms with Crippen molar-refractivity contribution in [3.05, 3.63) is 35.5 Å². The Balaban J connectivity index is 1.82. The van der Waals surface area contributed by atoms with Crippen LogP contribution in [0, 0.1) is 0 Å². The van der Waals surface area contributed by atoms with E-state index in [1.54, 1.807) is 6.20 Å². The van der Waals surface area contributed by atoms with Crippen LogP contribution in [0.15, 0.2) is 30.5 Å². The lowest BCUT2D eigenvalue weighted by molar-refractivity contribution is 0.200. The molecule has 1 aromatic carbocycles. The van der Waals surface area contributed by atoms with Crippen LogP contribution in [0.25, 0.3) is 10.9 Å². The maximum Gasteiger partial charge on any atom is 0.0737 e. The quantitative estimate of drug-likeness (QED) is 0.695. The summed E-state index contributed by atoms with van der Waals surface area (Å²) in [4.78, 5) is 6.61. The van der Waals surface area contributed by atoms with E-state index in [9.17, 15) is 0 Å². The van der Waals surface area contributed by atoms with Crippen LogP contribution in [0.2, 0.25) is 5.02 Å². The summed E-state index contributed by atoms with van der Waals surface area (Å²) in [6.45, 7) is 6.08. The van der Waals surface area contributed by atoms with E-state index in [-0.39, 0.29) is 6.61 Å². The zero-order chi connectivity index (χ0) is 15.8. The van der Waals surface area contributed by atoms with Gasteiger partial charge in [-0.1, -0.05) is 18.5 Å². The van der Waals surface area contributed by atoms with Crippen LogP contribution in [0.3, 0.4) is 0 Å². The number of nitrogens with one attached hydrogen (secondary N) is 1. The highest BCUT2D eigenvalue weighted by Crippen LogP contribution is 2.24. The number of nitrogens with zero attached hydrogens (tertiary/aromatic N) is 2. The summed E-state index contributed by atoms with van der Waals surface area (Å²) in [7, 11) is 0. The summed E-state index contributed by atoms with van der Waals surface area (Å²) in [5.74, 6) is 0. The minimum atomic E-state index is 0.234. The number of aromatic nitrogens is 1. The number of hydrogen-bond donors (Lipinski definition) is 2. The van der Waals surface area contributed by atoms with Gasteiger partial charge in [0, 0.05) is 35.4 Å². The van der Waals surface area contributed by atoms with Gasteiger partial charge in [0.2, 0.25) is 0 Å². The van der Waals surface area contributed by atoms with Gasteiger partial charge in [-0.25, -0.2) is 0 Å². The van der Waals surface area contributed by atoms with Gasteiger partial charge < -0.3 is 15.3 Å². The molecule has 0 unspecified atom stereocenters. The molecular formula is C17H24ClN3O. The molecule has 2 N–H and O–H groups in total. The van der Waals surface area contributed by atoms with Crippen LogP contribution in [-0.2, 0) is 0 Å². The Morgan fingerprint density at radius 2 is 2.09 bits per heavy atom. The van der Waals surface area contributed by atoms with E-state index in [1.165, 1.54) is 0 Å². The van der Waals surface area contributed by atoms with Gasteiger partial charge in [-0.15, -0.1) is 0 Å². The molecule has 0 fully saturated rings. The number of anilines is 1. The van der Waals surface area contributed by atoms with Gasteiger partial charge in [0.05, 0.1) is 12.1 Å². The number of pyridine rings is 1. The van der Waals surface area contributed by atoms with Crippen LogP contribution in [-0.4, -0.2) is 47.8 Å². The van der Waals surface area contributed by atoms with Crippen molar-refractivity contribution in [2.45, 2.75) is 19.8 Å². The number of rotatable bonds is 9. The predicted octanol–water partition coefficient (Wildman–Crippen LogP) is 3.39. The van der Waals surface area contributed by atoms with Crippen LogP contribution in [0.5, 0.6) is 0 Å². The molecule has 2 rings (SSSR count). The standard InChI is InChI=1S/C17H24ClN3O/c1-2-21(11-12-22)10-4-3-8-19-16-7-9-20-17-13-14(18)5-6-15(16)17/h5-7,9,13,22H,2-4,8,10-12H2,1H3,(H,19,20). The third kappa shape index (κ3) is 4.83. The Morgan fingerprint density at radius 1 is 1.23 bits per heavy atom. The molecule has 0 radical (unpaired) electrons. The molecule has 22 heavy (non-hydrogen) atoms. The second kappa shape index (κ2) is 8.93. The Bertz CT molecular complexity index is 591. The maximum atomic E-state index is 8.97. The van der Waals surface area contributed by atoms with E-state index in [4.69, 9.17) is 16.7 Å². The summed E-state index contributed by atoms with van der Waals surface area (Å²) in [6.07, 6.45) is 4.02. The van der Waals surface area contributed by atoms with Gasteiger partial charge in [-0.2, -0.15) is 0 Å². The van der Waals surface area contributed by atoms with Crippen molar-refractivity contribution in [2.75, 3.05) is 38.1 Å². The van der Waals surface area contributed by atoms with E-state index in [2.05, 4.69) is 22.1 Å². The fraction of sp³-hybridized carbons (Fsp3) is 0.471. The number of aliphatic hydroxyl groups is 1. The summed E-state index contributed by atoms with van der Waals surface area (Å²) < 4.78 is 0. The molecule has 4 nitrogen and oxygen atoms in total. The highest BCUT2D eigenvalue weighted by molar-refractivity contribution is 6.31. The number of aliphatic hydroxyl groups excluding tert-OH is 1. The first-order valence-electron chi connectivity index (χ1n) is 7.86. The molecule has 0 aliphatic carbocycles. The molecule has 0 amide bonds. The first-order chi connectivity index (χ1) is 10.7. The minimum Gasteiger partial charge on any atom is -0.395 e. The zero-order valence-corrected chi connectivity index (χ0v) is 13.8. The van der Waals surface area contributed by atoms with E-state index in [1.807, 2.05) is 24.3 Å². The normalized spacial score (nSPS) is 11.3. The second-order valence-corrected chi connectivity index (χ2v) is 5.75. The SMILES string of the molecule is CCN(CCO)CCCCNc1ccnc2cc(Cl)ccc12. The smallest absolute Gasteiger partial charge is 0.0737 e. The van der Waals surface area contributed by atoms with Crippen molar-refractivity contribution in [1.82, 2.24) is 9.88 Å². The van der Waals surface area contributed by atoms with Crippen LogP contribution in [0.4, 0.5) is 5.69 Å². The highest BCUT2D eigenvalue weighted by atomic mass is 35.5. The number of likely N-dealkylation sites (N-methyl/N-ethyl adjacent to an activating group) is 1. The number of halogens is 1. The lowest BCUT2D eigenvalue weighted by Gasteiger charge is -2.18. The molecule has 0 atom stereocenters. The molecule has 0 aliphatic heterocycles. The zero-order valence-electron chi connectivity index (χ0n) is 13.1. The molecule has 1 aromatic heterocycles. The van der Waals surface area contributed by atoms with Crippen LogP contribution < -0.4 is 5.32 Å². The average molecular weight is 322 g/mol. The Morgan fingerprint density at radius 3 is 2.86 bits per heavy atom. The molecule has 0 saturated heterocycles. The molecule has 0 aliphatic rings. The molecule has 5 heteroatoms. The first-order valence-corrected chi connectivity index (χ1v) is 8.23. The molecule has 2 aromatic rings. The molecular weight excluding hydrogens is 298 g/mol. The van der Waals surface area contributed by atoms with Gasteiger partial charge in [-0.05, 0) is 50.2 Å². The second-order valence-electron chi connectivity index (χ2n) is 5.31. The fourth-order valence-corrected chi connectivity index (χ4v) is 2.69. The largest absolute Gasteiger partial charge is 0.395 e. The van der Waals surface area contributed by atoms with Gasteiger partial charge in [0.1, 0.15) is 0 Å². The Labute approximate surface area is 137 Å². The molecule has 120 valence electrons. The molecule has 1 heterocycles. The summed E-state index contributed by atoms with van der Waals surface area (Å²) >= 11 is 6.00. The predicted molar refractivity (Wildman–Crippen MR) is 93.7 cm³/mol. The van der Waals surface area contributed by atoms with E-state index in [0.717, 1.165) is 55.6 Å². The van der Waals surface area contributed by atoms with Gasteiger partial charge in [0.15, 0.2) is 0 Å². The van der Waals surface area contributed by atoms with Crippen molar-refractivity contribution >= 4 is 28.2 Å². The number of unbranched alkanes of at least 4 members (excludes halogenated alkanes) is 1. The van der Waals surface area contributed by atoms with Crippen molar-refractivity contribution in [1.29, 1.82) is 0 Å². The molecule has 0 bridgehead atoms. The van der Waals surface area contributed by atoms with E-state index >= 15 is 0 Å². The van der Waals surface area contributed by atoms with Crippen molar-refractivity contribution in [2.24, 2.45) is 0 Å². The number of hydrogen-bond acceptors (Lipinski definition) is 4. The third-order valence-corrected chi connectivity index (χ3v) is 4.02. The summed E-state index contributed by atoms with van der Waals surface area (Å²) in [6, 6.07) is 7.79. The molecule has 0 spiro atoms. The highest BCUT2D eigenvalue weighted by Gasteiger charge is 2.03. The van der Waals surface area contributed by atoms with Crippen molar-refractivity contribution < 1.29 is 5.11 Å². The first kappa shape index (κ1) is 17.0. The van der Waals surface area contributed by atoms with Crippen molar-refractivity contribution in [3.63, 3.8) is 0 Å². The van der Waals surface area contributed by atoms with Gasteiger partial charge >= 0.3 is 0 Å². The fourth-order valence-electron chi connectivity index (χ4n) is 2.53. The maximum absolute atomic E-state index is 8.97. The number of benzene rings is 1.